The number of rotatable bonds is 14. The van der Waals surface area contributed by atoms with Gasteiger partial charge in [0.05, 0.1) is 17.3 Å². The molecule has 1 aliphatic heterocycles. The molecule has 0 saturated carbocycles. The van der Waals surface area contributed by atoms with Gasteiger partial charge in [-0.15, -0.1) is 0 Å². The fraction of sp³-hybridized carbons (Fsp3) is 0.577. The third kappa shape index (κ3) is 9.24. The largest absolute Gasteiger partial charge is 0.481 e. The van der Waals surface area contributed by atoms with Crippen LogP contribution >= 0.6 is 0 Å². The maximum Gasteiger partial charge on any atom is 0.306 e. The van der Waals surface area contributed by atoms with Crippen molar-refractivity contribution in [1.82, 2.24) is 25.2 Å². The fourth-order valence-corrected chi connectivity index (χ4v) is 4.39. The van der Waals surface area contributed by atoms with E-state index in [4.69, 9.17) is 4.98 Å². The van der Waals surface area contributed by atoms with Gasteiger partial charge < -0.3 is 20.6 Å². The van der Waals surface area contributed by atoms with E-state index in [2.05, 4.69) is 37.6 Å². The summed E-state index contributed by atoms with van der Waals surface area (Å²) in [5.41, 5.74) is 3.89. The molecule has 0 unspecified atom stereocenters. The van der Waals surface area contributed by atoms with Crippen LogP contribution in [-0.4, -0.2) is 69.6 Å². The second-order valence-corrected chi connectivity index (χ2v) is 9.30. The molecule has 3 N–H and O–H groups in total. The van der Waals surface area contributed by atoms with Crippen molar-refractivity contribution in [2.75, 3.05) is 38.0 Å². The summed E-state index contributed by atoms with van der Waals surface area (Å²) >= 11 is 0. The minimum Gasteiger partial charge on any atom is -0.481 e. The lowest BCUT2D eigenvalue weighted by Crippen LogP contribution is -2.36. The Bertz CT molecular complexity index is 983. The summed E-state index contributed by atoms with van der Waals surface area (Å²) in [6.07, 6.45) is 9.33. The zero-order chi connectivity index (χ0) is 25.0. The molecule has 0 saturated heterocycles. The van der Waals surface area contributed by atoms with E-state index in [1.807, 2.05) is 6.92 Å². The number of carboxylic acid groups (broad SMARTS) is 1. The van der Waals surface area contributed by atoms with Gasteiger partial charge in [0.2, 0.25) is 5.91 Å². The molecule has 0 bridgehead atoms. The number of carbonyl (C=O) groups excluding carboxylic acids is 1. The van der Waals surface area contributed by atoms with Gasteiger partial charge >= 0.3 is 5.97 Å². The highest BCUT2D eigenvalue weighted by Gasteiger charge is 2.20. The predicted molar refractivity (Wildman–Crippen MR) is 135 cm³/mol. The quantitative estimate of drug-likeness (QED) is 0.352. The molecule has 35 heavy (non-hydrogen) atoms. The van der Waals surface area contributed by atoms with Crippen molar-refractivity contribution in [3.05, 3.63) is 47.2 Å². The van der Waals surface area contributed by atoms with Crippen LogP contribution in [0.2, 0.25) is 0 Å². The Morgan fingerprint density at radius 1 is 1.14 bits per heavy atom. The molecule has 0 aromatic carbocycles. The number of fused-ring (bicyclic) bond motifs is 1. The molecule has 3 rings (SSSR count). The first kappa shape index (κ1) is 26.5. The van der Waals surface area contributed by atoms with Crippen molar-refractivity contribution >= 4 is 17.7 Å². The summed E-state index contributed by atoms with van der Waals surface area (Å²) in [4.78, 5) is 38.8. The Hall–Kier alpha value is -3.07. The number of pyridine rings is 1. The number of unbranched alkanes of at least 4 members (excludes halogenated alkanes) is 1. The summed E-state index contributed by atoms with van der Waals surface area (Å²) in [5.74, 6) is -0.369. The van der Waals surface area contributed by atoms with Crippen LogP contribution in [0.3, 0.4) is 0 Å². The number of carbonyl (C=O) groups is 2. The number of nitrogens with zero attached hydrogens (tertiary/aromatic N) is 4. The number of aromatic nitrogens is 3. The molecule has 0 aliphatic carbocycles. The van der Waals surface area contributed by atoms with E-state index in [-0.39, 0.29) is 5.91 Å². The maximum atomic E-state index is 11.9. The van der Waals surface area contributed by atoms with Crippen molar-refractivity contribution in [2.45, 2.75) is 58.8 Å². The van der Waals surface area contributed by atoms with Gasteiger partial charge in [0.25, 0.3) is 0 Å². The van der Waals surface area contributed by atoms with E-state index in [9.17, 15) is 14.7 Å². The van der Waals surface area contributed by atoms with Crippen LogP contribution in [0.15, 0.2) is 24.5 Å². The van der Waals surface area contributed by atoms with Crippen molar-refractivity contribution in [2.24, 2.45) is 5.92 Å². The minimum atomic E-state index is -0.817. The SMILES string of the molecule is CC(=O)NCCN(CCCCc1ccc2c(n1)NCCC2)CC[C@H](Cc1cncc(C)n1)C(=O)O. The van der Waals surface area contributed by atoms with Gasteiger partial charge in [0.1, 0.15) is 5.82 Å². The third-order valence-electron chi connectivity index (χ3n) is 6.31. The van der Waals surface area contributed by atoms with Gasteiger partial charge in [-0.25, -0.2) is 4.98 Å². The Morgan fingerprint density at radius 3 is 2.77 bits per heavy atom. The first-order valence-electron chi connectivity index (χ1n) is 12.6. The van der Waals surface area contributed by atoms with E-state index in [0.717, 1.165) is 62.4 Å². The average molecular weight is 483 g/mol. The van der Waals surface area contributed by atoms with E-state index < -0.39 is 11.9 Å². The topological polar surface area (TPSA) is 120 Å². The Morgan fingerprint density at radius 2 is 2.00 bits per heavy atom. The van der Waals surface area contributed by atoms with Gasteiger partial charge in [-0.1, -0.05) is 6.07 Å². The van der Waals surface area contributed by atoms with Crippen molar-refractivity contribution in [3.8, 4) is 0 Å². The van der Waals surface area contributed by atoms with Crippen LogP contribution < -0.4 is 10.6 Å². The molecule has 190 valence electrons. The van der Waals surface area contributed by atoms with Crippen LogP contribution in [0.1, 0.15) is 55.3 Å². The predicted octanol–water partition coefficient (Wildman–Crippen LogP) is 2.63. The Labute approximate surface area is 207 Å². The Kier molecular flexibility index (Phi) is 10.4. The minimum absolute atomic E-state index is 0.0570. The zero-order valence-electron chi connectivity index (χ0n) is 20.9. The highest BCUT2D eigenvalue weighted by molar-refractivity contribution is 5.72. The normalized spacial score (nSPS) is 13.7. The number of amides is 1. The van der Waals surface area contributed by atoms with Crippen molar-refractivity contribution < 1.29 is 14.7 Å². The summed E-state index contributed by atoms with van der Waals surface area (Å²) in [6, 6.07) is 4.32. The van der Waals surface area contributed by atoms with Gasteiger partial charge in [-0.2, -0.15) is 0 Å². The van der Waals surface area contributed by atoms with Crippen LogP contribution in [0.5, 0.6) is 0 Å². The molecular weight excluding hydrogens is 444 g/mol. The van der Waals surface area contributed by atoms with E-state index >= 15 is 0 Å². The summed E-state index contributed by atoms with van der Waals surface area (Å²) < 4.78 is 0. The van der Waals surface area contributed by atoms with E-state index in [0.29, 0.717) is 38.2 Å². The first-order chi connectivity index (χ1) is 16.9. The zero-order valence-corrected chi connectivity index (χ0v) is 20.9. The summed E-state index contributed by atoms with van der Waals surface area (Å²) in [7, 11) is 0. The lowest BCUT2D eigenvalue weighted by atomic mass is 9.99. The van der Waals surface area contributed by atoms with Crippen LogP contribution in [-0.2, 0) is 28.9 Å². The fourth-order valence-electron chi connectivity index (χ4n) is 4.39. The second-order valence-electron chi connectivity index (χ2n) is 9.30. The number of nitrogens with one attached hydrogen (secondary N) is 2. The highest BCUT2D eigenvalue weighted by atomic mass is 16.4. The van der Waals surface area contributed by atoms with Crippen molar-refractivity contribution in [3.63, 3.8) is 0 Å². The molecule has 0 spiro atoms. The van der Waals surface area contributed by atoms with Gasteiger partial charge in [0.15, 0.2) is 0 Å². The molecule has 1 amide bonds. The molecule has 1 atom stereocenters. The number of carboxylic acids is 1. The number of hydrogen-bond donors (Lipinski definition) is 3. The third-order valence-corrected chi connectivity index (χ3v) is 6.31. The smallest absolute Gasteiger partial charge is 0.306 e. The number of aliphatic carboxylic acids is 1. The maximum absolute atomic E-state index is 11.9. The van der Waals surface area contributed by atoms with E-state index in [1.54, 1.807) is 12.4 Å². The number of aryl methyl sites for hydroxylation is 3. The molecule has 0 radical (unpaired) electrons. The summed E-state index contributed by atoms with van der Waals surface area (Å²) in [6.45, 7) is 7.09. The molecule has 1 aliphatic rings. The van der Waals surface area contributed by atoms with Gasteiger partial charge in [-0.05, 0) is 70.2 Å². The Balaban J connectivity index is 1.49. The number of hydrogen-bond acceptors (Lipinski definition) is 7. The summed E-state index contributed by atoms with van der Waals surface area (Å²) in [5, 5.41) is 16.0. The van der Waals surface area contributed by atoms with Crippen LogP contribution in [0.25, 0.3) is 0 Å². The highest BCUT2D eigenvalue weighted by Crippen LogP contribution is 2.20. The van der Waals surface area contributed by atoms with Crippen molar-refractivity contribution in [1.29, 1.82) is 0 Å². The average Bonchev–Trinajstić information content (AvgIpc) is 2.83. The molecule has 2 aromatic heterocycles. The second kappa shape index (κ2) is 13.7. The molecule has 3 heterocycles. The van der Waals surface area contributed by atoms with Crippen LogP contribution in [0, 0.1) is 12.8 Å². The van der Waals surface area contributed by atoms with Gasteiger partial charge in [-0.3, -0.25) is 19.6 Å². The first-order valence-corrected chi connectivity index (χ1v) is 12.6. The molecule has 9 heteroatoms. The van der Waals surface area contributed by atoms with Gasteiger partial charge in [0, 0.05) is 51.1 Å². The molecular formula is C26H38N6O3. The molecule has 2 aromatic rings. The standard InChI is InChI=1S/C26H38N6O3/c1-19-17-27-18-24(30-19)16-22(26(34)35)10-14-32(15-12-28-20(2)33)13-4-3-7-23-9-8-21-6-5-11-29-25(21)31-23/h8-9,17-18,22H,3-7,10-16H2,1-2H3,(H,28,33)(H,29,31)(H,34,35)/t22-/m1/s1. The monoisotopic (exact) mass is 482 g/mol. The lowest BCUT2D eigenvalue weighted by Gasteiger charge is -2.24. The van der Waals surface area contributed by atoms with E-state index in [1.165, 1.54) is 12.5 Å². The lowest BCUT2D eigenvalue weighted by molar-refractivity contribution is -0.142. The molecule has 9 nitrogen and oxygen atoms in total. The molecule has 0 fully saturated rings. The van der Waals surface area contributed by atoms with Crippen LogP contribution in [0.4, 0.5) is 5.82 Å². The number of anilines is 1.